The molecular weight excluding hydrogens is 334 g/mol. The molecule has 3 aromatic rings. The van der Waals surface area contributed by atoms with Crippen LogP contribution in [0.4, 0.5) is 0 Å². The summed E-state index contributed by atoms with van der Waals surface area (Å²) in [5, 5.41) is 10.0. The summed E-state index contributed by atoms with van der Waals surface area (Å²) in [6, 6.07) is 15.4. The number of nitriles is 1. The van der Waals surface area contributed by atoms with E-state index in [1.54, 1.807) is 12.1 Å². The number of fused-ring (bicyclic) bond motifs is 1. The van der Waals surface area contributed by atoms with Crippen molar-refractivity contribution in [1.29, 1.82) is 5.26 Å². The van der Waals surface area contributed by atoms with Gasteiger partial charge in [-0.1, -0.05) is 36.7 Å². The molecule has 0 saturated carbocycles. The van der Waals surface area contributed by atoms with E-state index < -0.39 is 0 Å². The summed E-state index contributed by atoms with van der Waals surface area (Å²) in [4.78, 5) is 7.63. The van der Waals surface area contributed by atoms with Crippen molar-refractivity contribution in [2.75, 3.05) is 0 Å². The number of rotatable bonds is 5. The number of aromatic nitrogens is 2. The molecule has 0 spiro atoms. The van der Waals surface area contributed by atoms with Crippen LogP contribution in [0.25, 0.3) is 22.7 Å². The third-order valence-corrected chi connectivity index (χ3v) is 4.23. The van der Waals surface area contributed by atoms with Crippen molar-refractivity contribution in [3.8, 4) is 11.8 Å². The zero-order chi connectivity index (χ0) is 17.8. The van der Waals surface area contributed by atoms with Crippen molar-refractivity contribution >= 4 is 34.3 Å². The minimum atomic E-state index is 0.101. The number of imidazole rings is 1. The Morgan fingerprint density at radius 2 is 2.16 bits per heavy atom. The molecule has 0 aliphatic rings. The number of H-pyrrole nitrogens is 1. The van der Waals surface area contributed by atoms with Crippen LogP contribution in [0.15, 0.2) is 42.5 Å². The highest BCUT2D eigenvalue weighted by Crippen LogP contribution is 2.28. The molecule has 0 fully saturated rings. The lowest BCUT2D eigenvalue weighted by Gasteiger charge is -2.14. The summed E-state index contributed by atoms with van der Waals surface area (Å²) in [7, 11) is 0. The van der Waals surface area contributed by atoms with Gasteiger partial charge in [0.25, 0.3) is 0 Å². The highest BCUT2D eigenvalue weighted by atomic mass is 35.5. The first-order valence-electron chi connectivity index (χ1n) is 8.14. The maximum Gasteiger partial charge on any atom is 0.149 e. The predicted octanol–water partition coefficient (Wildman–Crippen LogP) is 5.46. The molecule has 1 N–H and O–H groups in total. The van der Waals surface area contributed by atoms with Crippen LogP contribution in [0.5, 0.6) is 5.75 Å². The largest absolute Gasteiger partial charge is 0.489 e. The van der Waals surface area contributed by atoms with Gasteiger partial charge >= 0.3 is 0 Å². The van der Waals surface area contributed by atoms with Crippen LogP contribution in [0.2, 0.25) is 5.02 Å². The third kappa shape index (κ3) is 3.84. The molecule has 25 heavy (non-hydrogen) atoms. The fourth-order valence-electron chi connectivity index (χ4n) is 2.40. The second kappa shape index (κ2) is 7.42. The molecule has 5 heteroatoms. The first-order valence-corrected chi connectivity index (χ1v) is 8.51. The maximum absolute atomic E-state index is 9.50. The Morgan fingerprint density at radius 3 is 2.84 bits per heavy atom. The molecule has 0 saturated heterocycles. The number of benzene rings is 2. The summed E-state index contributed by atoms with van der Waals surface area (Å²) in [5.74, 6) is 1.19. The van der Waals surface area contributed by atoms with Crippen molar-refractivity contribution in [1.82, 2.24) is 9.97 Å². The zero-order valence-corrected chi connectivity index (χ0v) is 14.8. The number of hydrogen-bond donors (Lipinski definition) is 1. The Hall–Kier alpha value is -2.77. The Kier molecular flexibility index (Phi) is 5.06. The second-order valence-electron chi connectivity index (χ2n) is 5.80. The Morgan fingerprint density at radius 1 is 1.36 bits per heavy atom. The van der Waals surface area contributed by atoms with Crippen molar-refractivity contribution in [2.24, 2.45) is 0 Å². The van der Waals surface area contributed by atoms with Gasteiger partial charge in [0.15, 0.2) is 0 Å². The topological polar surface area (TPSA) is 61.7 Å². The quantitative estimate of drug-likeness (QED) is 0.621. The van der Waals surface area contributed by atoms with E-state index in [0.717, 1.165) is 23.0 Å². The van der Waals surface area contributed by atoms with E-state index in [-0.39, 0.29) is 6.10 Å². The van der Waals surface area contributed by atoms with Crippen LogP contribution in [-0.4, -0.2) is 16.1 Å². The van der Waals surface area contributed by atoms with E-state index in [1.807, 2.05) is 43.3 Å². The lowest BCUT2D eigenvalue weighted by atomic mass is 10.1. The van der Waals surface area contributed by atoms with Gasteiger partial charge in [-0.25, -0.2) is 4.98 Å². The van der Waals surface area contributed by atoms with Crippen LogP contribution < -0.4 is 4.74 Å². The summed E-state index contributed by atoms with van der Waals surface area (Å²) in [5.41, 5.74) is 2.99. The normalized spacial score (nSPS) is 12.8. The highest BCUT2D eigenvalue weighted by Gasteiger charge is 2.10. The van der Waals surface area contributed by atoms with Crippen LogP contribution in [0.1, 0.15) is 31.7 Å². The molecule has 1 heterocycles. The van der Waals surface area contributed by atoms with Crippen LogP contribution in [-0.2, 0) is 0 Å². The fraction of sp³-hybridized carbons (Fsp3) is 0.200. The van der Waals surface area contributed by atoms with Crippen LogP contribution in [0, 0.1) is 11.3 Å². The first-order chi connectivity index (χ1) is 12.1. The summed E-state index contributed by atoms with van der Waals surface area (Å²) in [6.07, 6.45) is 2.77. The Balaban J connectivity index is 1.92. The molecule has 0 bridgehead atoms. The number of ether oxygens (including phenoxy) is 1. The number of hydrogen-bond acceptors (Lipinski definition) is 3. The summed E-state index contributed by atoms with van der Waals surface area (Å²) >= 11 is 6.31. The molecule has 0 unspecified atom stereocenters. The monoisotopic (exact) mass is 351 g/mol. The molecule has 4 nitrogen and oxygen atoms in total. The molecule has 1 aromatic heterocycles. The summed E-state index contributed by atoms with van der Waals surface area (Å²) < 4.78 is 5.77. The number of nitrogens with one attached hydrogen (secondary N) is 1. The molecule has 0 aliphatic heterocycles. The molecule has 3 rings (SSSR count). The van der Waals surface area contributed by atoms with Crippen molar-refractivity contribution < 1.29 is 4.74 Å². The van der Waals surface area contributed by atoms with Gasteiger partial charge in [-0.3, -0.25) is 0 Å². The van der Waals surface area contributed by atoms with Crippen molar-refractivity contribution in [3.63, 3.8) is 0 Å². The molecular formula is C20H18ClN3O. The SMILES string of the molecule is CC[C@H](C)Oc1ccc(/C=C(/C#N)c2nc3ccccc3[nH]2)cc1Cl. The lowest BCUT2D eigenvalue weighted by Crippen LogP contribution is -2.09. The van der Waals surface area contributed by atoms with Gasteiger partial charge in [-0.05, 0) is 49.2 Å². The number of allylic oxidation sites excluding steroid dienone is 1. The summed E-state index contributed by atoms with van der Waals surface area (Å²) in [6.45, 7) is 4.06. The van der Waals surface area contributed by atoms with Gasteiger partial charge < -0.3 is 9.72 Å². The molecule has 126 valence electrons. The van der Waals surface area contributed by atoms with Crippen LogP contribution >= 0.6 is 11.6 Å². The molecule has 2 aromatic carbocycles. The van der Waals surface area contributed by atoms with E-state index in [1.165, 1.54) is 0 Å². The third-order valence-electron chi connectivity index (χ3n) is 3.93. The average Bonchev–Trinajstić information content (AvgIpc) is 3.05. The van der Waals surface area contributed by atoms with E-state index >= 15 is 0 Å². The first kappa shape index (κ1) is 17.1. The predicted molar refractivity (Wildman–Crippen MR) is 101 cm³/mol. The highest BCUT2D eigenvalue weighted by molar-refractivity contribution is 6.32. The van der Waals surface area contributed by atoms with E-state index in [9.17, 15) is 5.26 Å². The van der Waals surface area contributed by atoms with Gasteiger partial charge in [-0.2, -0.15) is 5.26 Å². The smallest absolute Gasteiger partial charge is 0.149 e. The van der Waals surface area contributed by atoms with Gasteiger partial charge in [0.2, 0.25) is 0 Å². The van der Waals surface area contributed by atoms with Crippen LogP contribution in [0.3, 0.4) is 0 Å². The zero-order valence-electron chi connectivity index (χ0n) is 14.1. The van der Waals surface area contributed by atoms with Gasteiger partial charge in [-0.15, -0.1) is 0 Å². The van der Waals surface area contributed by atoms with Crippen molar-refractivity contribution in [2.45, 2.75) is 26.4 Å². The van der Waals surface area contributed by atoms with E-state index in [0.29, 0.717) is 22.2 Å². The Bertz CT molecular complexity index is 935. The van der Waals surface area contributed by atoms with Gasteiger partial charge in [0.1, 0.15) is 17.6 Å². The number of aromatic amines is 1. The number of halogens is 1. The molecule has 0 amide bonds. The van der Waals surface area contributed by atoms with E-state index in [2.05, 4.69) is 23.0 Å². The number of nitrogens with zero attached hydrogens (tertiary/aromatic N) is 2. The standard InChI is InChI=1S/C20H18ClN3O/c1-3-13(2)25-19-9-8-14(11-16(19)21)10-15(12-22)20-23-17-6-4-5-7-18(17)24-20/h4-11,13H,3H2,1-2H3,(H,23,24)/b15-10-/t13-/m0/s1. The molecule has 0 aliphatic carbocycles. The van der Waals surface area contributed by atoms with Gasteiger partial charge in [0, 0.05) is 0 Å². The fourth-order valence-corrected chi connectivity index (χ4v) is 2.64. The minimum Gasteiger partial charge on any atom is -0.489 e. The number of para-hydroxylation sites is 2. The molecule has 1 atom stereocenters. The Labute approximate surface area is 151 Å². The van der Waals surface area contributed by atoms with Crippen molar-refractivity contribution in [3.05, 3.63) is 58.9 Å². The molecule has 0 radical (unpaired) electrons. The average molecular weight is 352 g/mol. The lowest BCUT2D eigenvalue weighted by molar-refractivity contribution is 0.217. The maximum atomic E-state index is 9.50. The van der Waals surface area contributed by atoms with Gasteiger partial charge in [0.05, 0.1) is 27.7 Å². The van der Waals surface area contributed by atoms with E-state index in [4.69, 9.17) is 16.3 Å². The minimum absolute atomic E-state index is 0.101. The second-order valence-corrected chi connectivity index (χ2v) is 6.21.